The number of hydrogen-bond acceptors (Lipinski definition) is 5. The van der Waals surface area contributed by atoms with Gasteiger partial charge in [-0.3, -0.25) is 14.7 Å². The van der Waals surface area contributed by atoms with Crippen LogP contribution in [0.25, 0.3) is 0 Å². The Morgan fingerprint density at radius 2 is 1.79 bits per heavy atom. The summed E-state index contributed by atoms with van der Waals surface area (Å²) >= 11 is 1.39. The van der Waals surface area contributed by atoms with Crippen molar-refractivity contribution >= 4 is 39.4 Å². The number of pyridine rings is 1. The van der Waals surface area contributed by atoms with Crippen LogP contribution in [0.2, 0.25) is 0 Å². The maximum Gasteiger partial charge on any atom is 0.416 e. The molecule has 0 fully saturated rings. The third-order valence-corrected chi connectivity index (χ3v) is 5.54. The van der Waals surface area contributed by atoms with Crippen molar-refractivity contribution in [1.82, 2.24) is 9.97 Å². The molecular formula is C23H16F4N4OS. The van der Waals surface area contributed by atoms with Gasteiger partial charge in [0.25, 0.3) is 5.91 Å². The summed E-state index contributed by atoms with van der Waals surface area (Å²) < 4.78 is 53.1. The molecule has 1 N–H and O–H groups in total. The van der Waals surface area contributed by atoms with Gasteiger partial charge in [0.15, 0.2) is 5.13 Å². The lowest BCUT2D eigenvalue weighted by Crippen LogP contribution is -2.16. The number of rotatable bonds is 5. The largest absolute Gasteiger partial charge is 0.416 e. The molecule has 0 aliphatic carbocycles. The molecule has 0 unspecified atom stereocenters. The van der Waals surface area contributed by atoms with Gasteiger partial charge in [0, 0.05) is 29.5 Å². The van der Waals surface area contributed by atoms with Gasteiger partial charge in [-0.1, -0.05) is 6.07 Å². The molecule has 0 atom stereocenters. The normalized spacial score (nSPS) is 11.3. The minimum Gasteiger partial charge on any atom is -0.319 e. The van der Waals surface area contributed by atoms with Crippen LogP contribution >= 0.6 is 11.3 Å². The first-order chi connectivity index (χ1) is 15.7. The number of hydrogen-bond donors (Lipinski definition) is 1. The zero-order chi connectivity index (χ0) is 23.6. The molecule has 33 heavy (non-hydrogen) atoms. The fourth-order valence-electron chi connectivity index (χ4n) is 3.16. The number of carbonyl (C=O) groups is 1. The van der Waals surface area contributed by atoms with Crippen LogP contribution in [0.1, 0.15) is 21.5 Å². The zero-order valence-corrected chi connectivity index (χ0v) is 17.9. The van der Waals surface area contributed by atoms with Crippen LogP contribution in [-0.2, 0) is 6.18 Å². The summed E-state index contributed by atoms with van der Waals surface area (Å²) in [5, 5.41) is 4.70. The highest BCUT2D eigenvalue weighted by Gasteiger charge is 2.31. The van der Waals surface area contributed by atoms with E-state index in [1.54, 1.807) is 42.9 Å². The van der Waals surface area contributed by atoms with E-state index in [9.17, 15) is 22.4 Å². The number of alkyl halides is 3. The quantitative estimate of drug-likeness (QED) is 0.327. The van der Waals surface area contributed by atoms with E-state index in [0.29, 0.717) is 29.0 Å². The SMILES string of the molecule is Cc1ccc(C(=O)Nc2cc(C(F)(F)F)ccc2F)cc1N(c1ccncc1)c1nccs1. The first-order valence-electron chi connectivity index (χ1n) is 9.62. The molecule has 1 amide bonds. The summed E-state index contributed by atoms with van der Waals surface area (Å²) in [6.07, 6.45) is 0.232. The van der Waals surface area contributed by atoms with Gasteiger partial charge in [-0.05, 0) is 55.0 Å². The highest BCUT2D eigenvalue weighted by Crippen LogP contribution is 2.38. The molecule has 0 bridgehead atoms. The first-order valence-corrected chi connectivity index (χ1v) is 10.5. The highest BCUT2D eigenvalue weighted by atomic mass is 32.1. The molecule has 2 heterocycles. The average molecular weight is 472 g/mol. The van der Waals surface area contributed by atoms with Gasteiger partial charge in [0.1, 0.15) is 5.82 Å². The summed E-state index contributed by atoms with van der Waals surface area (Å²) in [6.45, 7) is 1.85. The molecule has 0 aliphatic rings. The Morgan fingerprint density at radius 1 is 1.03 bits per heavy atom. The molecule has 0 radical (unpaired) electrons. The third-order valence-electron chi connectivity index (χ3n) is 4.79. The number of halogens is 4. The Hall–Kier alpha value is -3.79. The van der Waals surface area contributed by atoms with Crippen LogP contribution in [0, 0.1) is 12.7 Å². The maximum atomic E-state index is 14.1. The summed E-state index contributed by atoms with van der Waals surface area (Å²) in [7, 11) is 0. The number of amides is 1. The van der Waals surface area contributed by atoms with E-state index in [2.05, 4.69) is 15.3 Å². The molecule has 10 heteroatoms. The molecule has 5 nitrogen and oxygen atoms in total. The van der Waals surface area contributed by atoms with Crippen molar-refractivity contribution in [3.63, 3.8) is 0 Å². The second-order valence-corrected chi connectivity index (χ2v) is 7.88. The second-order valence-electron chi connectivity index (χ2n) is 7.00. The van der Waals surface area contributed by atoms with E-state index in [4.69, 9.17) is 0 Å². The molecule has 168 valence electrons. The Balaban J connectivity index is 1.71. The van der Waals surface area contributed by atoms with Crippen LogP contribution in [0.5, 0.6) is 0 Å². The van der Waals surface area contributed by atoms with Gasteiger partial charge < -0.3 is 5.32 Å². The topological polar surface area (TPSA) is 58.1 Å². The second kappa shape index (κ2) is 8.99. The number of aromatic nitrogens is 2. The molecule has 4 aromatic rings. The number of anilines is 4. The molecule has 0 saturated carbocycles. The average Bonchev–Trinajstić information content (AvgIpc) is 3.31. The van der Waals surface area contributed by atoms with Crippen LogP contribution in [0.3, 0.4) is 0 Å². The summed E-state index contributed by atoms with van der Waals surface area (Å²) in [5.41, 5.74) is 0.740. The minimum absolute atomic E-state index is 0.142. The van der Waals surface area contributed by atoms with Crippen LogP contribution in [0.4, 0.5) is 39.8 Å². The van der Waals surface area contributed by atoms with Crippen molar-refractivity contribution in [1.29, 1.82) is 0 Å². The number of nitrogens with zero attached hydrogens (tertiary/aromatic N) is 3. The molecule has 2 aromatic carbocycles. The Bertz CT molecular complexity index is 1280. The highest BCUT2D eigenvalue weighted by molar-refractivity contribution is 7.13. The Morgan fingerprint density at radius 3 is 2.45 bits per heavy atom. The van der Waals surface area contributed by atoms with E-state index in [1.807, 2.05) is 17.2 Å². The number of nitrogens with one attached hydrogen (secondary N) is 1. The predicted molar refractivity (Wildman–Crippen MR) is 119 cm³/mol. The standard InChI is InChI=1S/C23H16F4N4OS/c1-14-2-3-15(21(32)30-19-13-16(23(25,26)27)4-5-18(19)24)12-20(14)31(22-29-10-11-33-22)17-6-8-28-9-7-17/h2-13H,1H3,(H,30,32). The lowest BCUT2D eigenvalue weighted by molar-refractivity contribution is -0.137. The minimum atomic E-state index is -4.66. The lowest BCUT2D eigenvalue weighted by atomic mass is 10.1. The van der Waals surface area contributed by atoms with Gasteiger partial charge in [0.2, 0.25) is 0 Å². The van der Waals surface area contributed by atoms with Gasteiger partial charge in [-0.25, -0.2) is 9.37 Å². The molecule has 4 rings (SSSR count). The van der Waals surface area contributed by atoms with Gasteiger partial charge in [0.05, 0.1) is 22.6 Å². The van der Waals surface area contributed by atoms with Crippen molar-refractivity contribution in [2.45, 2.75) is 13.1 Å². The maximum absolute atomic E-state index is 14.1. The number of carbonyl (C=O) groups excluding carboxylic acids is 1. The fourth-order valence-corrected chi connectivity index (χ4v) is 3.83. The molecule has 0 spiro atoms. The van der Waals surface area contributed by atoms with Crippen molar-refractivity contribution in [2.75, 3.05) is 10.2 Å². The monoisotopic (exact) mass is 472 g/mol. The smallest absolute Gasteiger partial charge is 0.319 e. The summed E-state index contributed by atoms with van der Waals surface area (Å²) in [4.78, 5) is 23.1. The van der Waals surface area contributed by atoms with Crippen molar-refractivity contribution in [3.8, 4) is 0 Å². The predicted octanol–water partition coefficient (Wildman–Crippen LogP) is 6.73. The molecule has 0 saturated heterocycles. The molecule has 2 aromatic heterocycles. The summed E-state index contributed by atoms with van der Waals surface area (Å²) in [5.74, 6) is -1.71. The first kappa shape index (κ1) is 22.4. The number of thiazole rings is 1. The summed E-state index contributed by atoms with van der Waals surface area (Å²) in [6, 6.07) is 10.2. The van der Waals surface area contributed by atoms with Gasteiger partial charge in [-0.15, -0.1) is 11.3 Å². The van der Waals surface area contributed by atoms with Gasteiger partial charge in [-0.2, -0.15) is 13.2 Å². The van der Waals surface area contributed by atoms with Crippen LogP contribution in [-0.4, -0.2) is 15.9 Å². The van der Waals surface area contributed by atoms with E-state index < -0.39 is 29.2 Å². The Kier molecular flexibility index (Phi) is 6.10. The number of benzene rings is 2. The van der Waals surface area contributed by atoms with E-state index >= 15 is 0 Å². The lowest BCUT2D eigenvalue weighted by Gasteiger charge is -2.24. The van der Waals surface area contributed by atoms with Crippen molar-refractivity contribution in [3.05, 3.63) is 95.0 Å². The van der Waals surface area contributed by atoms with E-state index in [-0.39, 0.29) is 5.56 Å². The molecule has 0 aliphatic heterocycles. The van der Waals surface area contributed by atoms with Crippen molar-refractivity contribution in [2.24, 2.45) is 0 Å². The Labute approximate surface area is 190 Å². The zero-order valence-electron chi connectivity index (χ0n) is 17.1. The number of aryl methyl sites for hydroxylation is 1. The van der Waals surface area contributed by atoms with Crippen LogP contribution < -0.4 is 10.2 Å². The van der Waals surface area contributed by atoms with Crippen molar-refractivity contribution < 1.29 is 22.4 Å². The fraction of sp³-hybridized carbons (Fsp3) is 0.0870. The third kappa shape index (κ3) is 4.85. The van der Waals surface area contributed by atoms with E-state index in [0.717, 1.165) is 11.3 Å². The molecular weight excluding hydrogens is 456 g/mol. The van der Waals surface area contributed by atoms with Crippen LogP contribution in [0.15, 0.2) is 72.5 Å². The van der Waals surface area contributed by atoms with E-state index in [1.165, 1.54) is 17.4 Å². The van der Waals surface area contributed by atoms with Gasteiger partial charge >= 0.3 is 6.18 Å².